The van der Waals surface area contributed by atoms with Crippen LogP contribution in [-0.4, -0.2) is 26.6 Å². The minimum absolute atomic E-state index is 1.22. The molecule has 2 aromatic rings. The van der Waals surface area contributed by atoms with Crippen LogP contribution in [0.15, 0.2) is 60.7 Å². The van der Waals surface area contributed by atoms with Gasteiger partial charge in [0.25, 0.3) is 0 Å². The molecule has 21 heavy (non-hydrogen) atoms. The molecule has 0 fully saturated rings. The minimum atomic E-state index is -2.55. The van der Waals surface area contributed by atoms with Crippen molar-refractivity contribution in [2.75, 3.05) is 0 Å². The lowest BCUT2D eigenvalue weighted by Crippen LogP contribution is -2.66. The van der Waals surface area contributed by atoms with E-state index < -0.39 is 26.6 Å². The van der Waals surface area contributed by atoms with E-state index in [0.717, 1.165) is 0 Å². The van der Waals surface area contributed by atoms with Gasteiger partial charge in [-0.15, -0.1) is 0 Å². The van der Waals surface area contributed by atoms with Gasteiger partial charge in [-0.3, -0.25) is 0 Å². The molecule has 0 aliphatic rings. The molecule has 0 spiro atoms. The molecule has 5 heteroatoms. The summed E-state index contributed by atoms with van der Waals surface area (Å²) in [6, 6.07) is 21.1. The van der Waals surface area contributed by atoms with Gasteiger partial charge in [-0.25, -0.2) is 0 Å². The highest BCUT2D eigenvalue weighted by Crippen LogP contribution is 2.13. The predicted octanol–water partition coefficient (Wildman–Crippen LogP) is 2.24. The fourth-order valence-corrected chi connectivity index (χ4v) is 12.3. The zero-order valence-corrected chi connectivity index (χ0v) is 16.6. The van der Waals surface area contributed by atoms with Gasteiger partial charge in [0.1, 0.15) is 0 Å². The van der Waals surface area contributed by atoms with Crippen LogP contribution in [0.2, 0.25) is 26.2 Å². The number of hydrogen-bond acceptors (Lipinski definition) is 2. The van der Waals surface area contributed by atoms with E-state index in [4.69, 9.17) is 8.23 Å². The van der Waals surface area contributed by atoms with Crippen LogP contribution in [0, 0.1) is 0 Å². The fourth-order valence-electron chi connectivity index (χ4n) is 2.45. The van der Waals surface area contributed by atoms with E-state index in [2.05, 4.69) is 74.7 Å². The van der Waals surface area contributed by atoms with Crippen molar-refractivity contribution in [3.05, 3.63) is 60.7 Å². The molecular formula is C16H24O2Si3. The number of hydrogen-bond donors (Lipinski definition) is 0. The van der Waals surface area contributed by atoms with Crippen LogP contribution in [0.4, 0.5) is 0 Å². The van der Waals surface area contributed by atoms with Crippen LogP contribution in [0.3, 0.4) is 0 Å². The van der Waals surface area contributed by atoms with Crippen molar-refractivity contribution in [3.8, 4) is 0 Å². The normalized spacial score (nSPS) is 12.1. The Labute approximate surface area is 132 Å². The molecule has 0 aliphatic heterocycles. The maximum atomic E-state index is 6.61. The second-order valence-corrected chi connectivity index (χ2v) is 14.2. The molecule has 0 aliphatic carbocycles. The van der Waals surface area contributed by atoms with E-state index in [9.17, 15) is 0 Å². The molecule has 0 unspecified atom stereocenters. The molecule has 0 atom stereocenters. The Hall–Kier alpha value is -0.989. The Morgan fingerprint density at radius 2 is 0.952 bits per heavy atom. The van der Waals surface area contributed by atoms with Crippen molar-refractivity contribution in [2.24, 2.45) is 0 Å². The summed E-state index contributed by atoms with van der Waals surface area (Å²) in [7, 11) is -5.02. The van der Waals surface area contributed by atoms with E-state index in [0.29, 0.717) is 0 Å². The first-order valence-corrected chi connectivity index (χ1v) is 14.9. The summed E-state index contributed by atoms with van der Waals surface area (Å²) in [5.74, 6) is 0. The van der Waals surface area contributed by atoms with Crippen molar-refractivity contribution in [1.29, 1.82) is 0 Å². The van der Waals surface area contributed by atoms with Crippen LogP contribution in [0.1, 0.15) is 0 Å². The SMILES string of the molecule is C[SiH](C)O[Si](O[SiH](C)C)(c1ccccc1)c1ccccc1. The summed E-state index contributed by atoms with van der Waals surface area (Å²) < 4.78 is 13.2. The molecule has 0 saturated heterocycles. The summed E-state index contributed by atoms with van der Waals surface area (Å²) >= 11 is 0. The molecule has 0 bridgehead atoms. The summed E-state index contributed by atoms with van der Waals surface area (Å²) in [6.45, 7) is 8.88. The topological polar surface area (TPSA) is 18.5 Å². The minimum Gasteiger partial charge on any atom is -0.433 e. The van der Waals surface area contributed by atoms with Crippen LogP contribution in [0.25, 0.3) is 0 Å². The van der Waals surface area contributed by atoms with Crippen LogP contribution < -0.4 is 10.4 Å². The molecule has 112 valence electrons. The lowest BCUT2D eigenvalue weighted by molar-refractivity contribution is 0.434. The molecule has 0 saturated carbocycles. The van der Waals surface area contributed by atoms with Gasteiger partial charge in [0, 0.05) is 0 Å². The van der Waals surface area contributed by atoms with Gasteiger partial charge >= 0.3 is 8.56 Å². The monoisotopic (exact) mass is 332 g/mol. The van der Waals surface area contributed by atoms with Gasteiger partial charge in [0.2, 0.25) is 0 Å². The zero-order valence-electron chi connectivity index (χ0n) is 13.2. The van der Waals surface area contributed by atoms with Gasteiger partial charge in [-0.1, -0.05) is 60.7 Å². The predicted molar refractivity (Wildman–Crippen MR) is 97.8 cm³/mol. The first-order chi connectivity index (χ1) is 10.0. The first kappa shape index (κ1) is 16.4. The second-order valence-electron chi connectivity index (χ2n) is 5.68. The Morgan fingerprint density at radius 1 is 0.619 bits per heavy atom. The van der Waals surface area contributed by atoms with Gasteiger partial charge in [0.15, 0.2) is 18.1 Å². The summed E-state index contributed by atoms with van der Waals surface area (Å²) in [5, 5.41) is 2.44. The molecule has 0 amide bonds. The van der Waals surface area contributed by atoms with Gasteiger partial charge in [-0.05, 0) is 36.6 Å². The Kier molecular flexibility index (Phi) is 5.72. The van der Waals surface area contributed by atoms with E-state index in [1.807, 2.05) is 12.1 Å². The van der Waals surface area contributed by atoms with Gasteiger partial charge in [-0.2, -0.15) is 0 Å². The maximum Gasteiger partial charge on any atom is 0.386 e. The summed E-state index contributed by atoms with van der Waals surface area (Å²) in [5.41, 5.74) is 0. The summed E-state index contributed by atoms with van der Waals surface area (Å²) in [4.78, 5) is 0. The Bertz CT molecular complexity index is 492. The highest BCUT2D eigenvalue weighted by atomic mass is 28.5. The van der Waals surface area contributed by atoms with Crippen LogP contribution >= 0.6 is 0 Å². The van der Waals surface area contributed by atoms with Crippen molar-refractivity contribution in [1.82, 2.24) is 0 Å². The lowest BCUT2D eigenvalue weighted by atomic mass is 10.4. The van der Waals surface area contributed by atoms with Crippen molar-refractivity contribution >= 4 is 37.0 Å². The average Bonchev–Trinajstić information content (AvgIpc) is 2.47. The summed E-state index contributed by atoms with van der Waals surface area (Å²) in [6.07, 6.45) is 0. The van der Waals surface area contributed by atoms with Crippen LogP contribution in [0.5, 0.6) is 0 Å². The lowest BCUT2D eigenvalue weighted by Gasteiger charge is -2.35. The van der Waals surface area contributed by atoms with Gasteiger partial charge < -0.3 is 8.23 Å². The quantitative estimate of drug-likeness (QED) is 0.755. The van der Waals surface area contributed by atoms with Crippen LogP contribution in [-0.2, 0) is 8.23 Å². The van der Waals surface area contributed by atoms with Crippen molar-refractivity contribution < 1.29 is 8.23 Å². The highest BCUT2D eigenvalue weighted by molar-refractivity contribution is 6.98. The fraction of sp³-hybridized carbons (Fsp3) is 0.250. The molecule has 2 aromatic carbocycles. The number of benzene rings is 2. The molecule has 0 radical (unpaired) electrons. The van der Waals surface area contributed by atoms with E-state index in [-0.39, 0.29) is 0 Å². The van der Waals surface area contributed by atoms with E-state index >= 15 is 0 Å². The molecule has 0 N–H and O–H groups in total. The third kappa shape index (κ3) is 4.02. The third-order valence-corrected chi connectivity index (χ3v) is 11.7. The Morgan fingerprint density at radius 3 is 1.24 bits per heavy atom. The zero-order chi connectivity index (χ0) is 15.3. The third-order valence-electron chi connectivity index (χ3n) is 3.11. The smallest absolute Gasteiger partial charge is 0.386 e. The standard InChI is InChI=1S/C16H24O2Si3/c1-19(2)17-21(18-20(3)4,15-11-7-5-8-12-15)16-13-9-6-10-14-16/h5-14,19-20H,1-4H3. The van der Waals surface area contributed by atoms with Gasteiger partial charge in [0.05, 0.1) is 0 Å². The second kappa shape index (κ2) is 7.33. The number of rotatable bonds is 6. The molecule has 2 nitrogen and oxygen atoms in total. The van der Waals surface area contributed by atoms with Crippen molar-refractivity contribution in [2.45, 2.75) is 26.2 Å². The highest BCUT2D eigenvalue weighted by Gasteiger charge is 2.43. The van der Waals surface area contributed by atoms with Crippen molar-refractivity contribution in [3.63, 3.8) is 0 Å². The first-order valence-electron chi connectivity index (χ1n) is 7.51. The largest absolute Gasteiger partial charge is 0.433 e. The maximum absolute atomic E-state index is 6.61. The van der Waals surface area contributed by atoms with E-state index in [1.165, 1.54) is 10.4 Å². The molecule has 0 heterocycles. The Balaban J connectivity index is 2.59. The molecular weight excluding hydrogens is 308 g/mol. The average molecular weight is 333 g/mol. The van der Waals surface area contributed by atoms with E-state index in [1.54, 1.807) is 0 Å². The molecule has 0 aromatic heterocycles. The molecule has 2 rings (SSSR count).